The van der Waals surface area contributed by atoms with E-state index in [1.165, 1.54) is 5.56 Å². The van der Waals surface area contributed by atoms with Crippen molar-refractivity contribution in [3.05, 3.63) is 40.8 Å². The molecule has 0 bridgehead atoms. The summed E-state index contributed by atoms with van der Waals surface area (Å²) in [6, 6.07) is 8.09. The molecule has 0 atom stereocenters. The summed E-state index contributed by atoms with van der Waals surface area (Å²) >= 11 is 1.12. The van der Waals surface area contributed by atoms with Gasteiger partial charge in [-0.2, -0.15) is 0 Å². The van der Waals surface area contributed by atoms with Crippen LogP contribution in [-0.2, 0) is 6.54 Å². The van der Waals surface area contributed by atoms with Crippen LogP contribution in [0.5, 0.6) is 0 Å². The number of benzene rings is 1. The second-order valence-electron chi connectivity index (χ2n) is 2.94. The molecular formula is C10H15N3S. The molecule has 0 radical (unpaired) electrons. The highest BCUT2D eigenvalue weighted by atomic mass is 32.2. The van der Waals surface area contributed by atoms with Crippen LogP contribution in [0, 0.1) is 0 Å². The third kappa shape index (κ3) is 3.06. The fraction of sp³-hybridized carbons (Fsp3) is 0.200. The summed E-state index contributed by atoms with van der Waals surface area (Å²) in [6.07, 6.45) is 0. The molecule has 0 aromatic heterocycles. The molecule has 0 fully saturated rings. The van der Waals surface area contributed by atoms with Crippen molar-refractivity contribution in [2.45, 2.75) is 6.54 Å². The molecule has 0 spiro atoms. The molecular weight excluding hydrogens is 194 g/mol. The normalized spacial score (nSPS) is 11.7. The van der Waals surface area contributed by atoms with Gasteiger partial charge in [-0.3, -0.25) is 5.14 Å². The largest absolute Gasteiger partial charge is 0.398 e. The molecule has 1 aromatic rings. The van der Waals surface area contributed by atoms with E-state index < -0.39 is 0 Å². The van der Waals surface area contributed by atoms with Crippen molar-refractivity contribution in [1.29, 1.82) is 0 Å². The predicted molar refractivity (Wildman–Crippen MR) is 63.1 cm³/mol. The minimum absolute atomic E-state index is 0.702. The lowest BCUT2D eigenvalue weighted by atomic mass is 10.1. The lowest BCUT2D eigenvalue weighted by molar-refractivity contribution is 0.818. The van der Waals surface area contributed by atoms with Gasteiger partial charge < -0.3 is 11.1 Å². The van der Waals surface area contributed by atoms with Crippen molar-refractivity contribution in [2.24, 2.45) is 10.9 Å². The van der Waals surface area contributed by atoms with E-state index in [9.17, 15) is 0 Å². The topological polar surface area (TPSA) is 64.1 Å². The third-order valence-corrected chi connectivity index (χ3v) is 2.25. The average Bonchev–Trinajstić information content (AvgIpc) is 2.20. The molecule has 0 heterocycles. The van der Waals surface area contributed by atoms with Gasteiger partial charge in [-0.25, -0.2) is 0 Å². The standard InChI is InChI=1S/C10H15N3S/c1-13-6-8-2-4-9(5-3-8)10(11)7-14-12/h2-5,7,13H,6,11-12H2,1H3/b10-7-. The Morgan fingerprint density at radius 2 is 2.07 bits per heavy atom. The van der Waals surface area contributed by atoms with Crippen LogP contribution in [0.2, 0.25) is 0 Å². The highest BCUT2D eigenvalue weighted by molar-refractivity contribution is 8.00. The second-order valence-corrected chi connectivity index (χ2v) is 3.44. The quantitative estimate of drug-likeness (QED) is 0.653. The summed E-state index contributed by atoms with van der Waals surface area (Å²) in [5.74, 6) is 0. The first-order chi connectivity index (χ1) is 6.77. The lowest BCUT2D eigenvalue weighted by Crippen LogP contribution is -2.05. The van der Waals surface area contributed by atoms with Gasteiger partial charge in [0, 0.05) is 17.6 Å². The predicted octanol–water partition coefficient (Wildman–Crippen LogP) is 1.27. The monoisotopic (exact) mass is 209 g/mol. The van der Waals surface area contributed by atoms with E-state index in [0.29, 0.717) is 5.70 Å². The summed E-state index contributed by atoms with van der Waals surface area (Å²) in [6.45, 7) is 0.871. The zero-order chi connectivity index (χ0) is 10.4. The number of hydrogen-bond acceptors (Lipinski definition) is 4. The second kappa shape index (κ2) is 5.70. The zero-order valence-corrected chi connectivity index (χ0v) is 8.97. The molecule has 1 rings (SSSR count). The van der Waals surface area contributed by atoms with Crippen LogP contribution < -0.4 is 16.2 Å². The van der Waals surface area contributed by atoms with Gasteiger partial charge in [0.25, 0.3) is 0 Å². The summed E-state index contributed by atoms with van der Waals surface area (Å²) in [7, 11) is 1.92. The fourth-order valence-corrected chi connectivity index (χ4v) is 1.44. The number of hydrogen-bond donors (Lipinski definition) is 3. The summed E-state index contributed by atoms with van der Waals surface area (Å²) in [5.41, 5.74) is 8.72. The van der Waals surface area contributed by atoms with E-state index in [-0.39, 0.29) is 0 Å². The average molecular weight is 209 g/mol. The van der Waals surface area contributed by atoms with Gasteiger partial charge in [-0.15, -0.1) is 0 Å². The van der Waals surface area contributed by atoms with Crippen molar-refractivity contribution >= 4 is 17.6 Å². The van der Waals surface area contributed by atoms with Crippen LogP contribution in [0.15, 0.2) is 29.7 Å². The van der Waals surface area contributed by atoms with Crippen molar-refractivity contribution < 1.29 is 0 Å². The Balaban J connectivity index is 2.77. The van der Waals surface area contributed by atoms with Crippen LogP contribution in [0.3, 0.4) is 0 Å². The molecule has 0 saturated carbocycles. The van der Waals surface area contributed by atoms with Gasteiger partial charge in [0.1, 0.15) is 0 Å². The highest BCUT2D eigenvalue weighted by Crippen LogP contribution is 2.12. The molecule has 4 heteroatoms. The Labute approximate surface area is 88.7 Å². The van der Waals surface area contributed by atoms with Crippen LogP contribution >= 0.6 is 11.9 Å². The van der Waals surface area contributed by atoms with Crippen molar-refractivity contribution in [3.63, 3.8) is 0 Å². The van der Waals surface area contributed by atoms with Crippen molar-refractivity contribution in [2.75, 3.05) is 7.05 Å². The van der Waals surface area contributed by atoms with E-state index in [4.69, 9.17) is 10.9 Å². The lowest BCUT2D eigenvalue weighted by Gasteiger charge is -2.03. The molecule has 0 unspecified atom stereocenters. The zero-order valence-electron chi connectivity index (χ0n) is 8.16. The van der Waals surface area contributed by atoms with E-state index in [1.54, 1.807) is 5.41 Å². The van der Waals surface area contributed by atoms with Gasteiger partial charge in [0.05, 0.1) is 0 Å². The Morgan fingerprint density at radius 3 is 2.57 bits per heavy atom. The Morgan fingerprint density at radius 1 is 1.43 bits per heavy atom. The SMILES string of the molecule is CNCc1ccc(/C(N)=C/SN)cc1. The minimum Gasteiger partial charge on any atom is -0.398 e. The van der Waals surface area contributed by atoms with E-state index in [1.807, 2.05) is 31.3 Å². The van der Waals surface area contributed by atoms with Crippen LogP contribution in [0.4, 0.5) is 0 Å². The number of rotatable bonds is 4. The summed E-state index contributed by atoms with van der Waals surface area (Å²) in [5, 5.41) is 10.1. The summed E-state index contributed by atoms with van der Waals surface area (Å²) in [4.78, 5) is 0. The molecule has 76 valence electrons. The third-order valence-electron chi connectivity index (χ3n) is 1.86. The molecule has 0 saturated heterocycles. The Bertz CT molecular complexity index is 306. The highest BCUT2D eigenvalue weighted by Gasteiger charge is 1.96. The maximum atomic E-state index is 5.77. The first-order valence-electron chi connectivity index (χ1n) is 4.33. The van der Waals surface area contributed by atoms with Crippen LogP contribution in [0.1, 0.15) is 11.1 Å². The molecule has 0 amide bonds. The molecule has 1 aromatic carbocycles. The Hall–Kier alpha value is -0.970. The van der Waals surface area contributed by atoms with Gasteiger partial charge in [-0.05, 0) is 18.2 Å². The van der Waals surface area contributed by atoms with E-state index >= 15 is 0 Å². The molecule has 5 N–H and O–H groups in total. The van der Waals surface area contributed by atoms with Gasteiger partial charge >= 0.3 is 0 Å². The smallest absolute Gasteiger partial charge is 0.0464 e. The molecule has 14 heavy (non-hydrogen) atoms. The molecule has 0 aliphatic rings. The first-order valence-corrected chi connectivity index (χ1v) is 5.27. The maximum absolute atomic E-state index is 5.77. The summed E-state index contributed by atoms with van der Waals surface area (Å²) < 4.78 is 0. The van der Waals surface area contributed by atoms with Crippen molar-refractivity contribution in [1.82, 2.24) is 5.32 Å². The molecule has 0 aliphatic heterocycles. The van der Waals surface area contributed by atoms with Gasteiger partial charge in [0.2, 0.25) is 0 Å². The Kier molecular flexibility index (Phi) is 4.52. The van der Waals surface area contributed by atoms with Gasteiger partial charge in [-0.1, -0.05) is 36.2 Å². The molecule has 3 nitrogen and oxygen atoms in total. The first kappa shape index (κ1) is 11.1. The van der Waals surface area contributed by atoms with E-state index in [0.717, 1.165) is 24.1 Å². The van der Waals surface area contributed by atoms with E-state index in [2.05, 4.69) is 5.32 Å². The number of nitrogens with two attached hydrogens (primary N) is 2. The van der Waals surface area contributed by atoms with Crippen molar-refractivity contribution in [3.8, 4) is 0 Å². The fourth-order valence-electron chi connectivity index (χ4n) is 1.16. The number of nitrogens with one attached hydrogen (secondary N) is 1. The van der Waals surface area contributed by atoms with Crippen LogP contribution in [-0.4, -0.2) is 7.05 Å². The van der Waals surface area contributed by atoms with Gasteiger partial charge in [0.15, 0.2) is 0 Å². The van der Waals surface area contributed by atoms with Crippen LogP contribution in [0.25, 0.3) is 5.70 Å². The minimum atomic E-state index is 0.702. The maximum Gasteiger partial charge on any atom is 0.0464 e. The molecule has 0 aliphatic carbocycles.